The molecule has 1 aromatic rings. The smallest absolute Gasteiger partial charge is 0.312 e. The zero-order chi connectivity index (χ0) is 13.2. The van der Waals surface area contributed by atoms with Crippen LogP contribution in [0.2, 0.25) is 0 Å². The Morgan fingerprint density at radius 1 is 1.21 bits per heavy atom. The lowest BCUT2D eigenvalue weighted by atomic mass is 9.89. The van der Waals surface area contributed by atoms with Crippen molar-refractivity contribution in [2.45, 2.75) is 38.0 Å². The molecule has 3 nitrogen and oxygen atoms in total. The zero-order valence-electron chi connectivity index (χ0n) is 11.2. The summed E-state index contributed by atoms with van der Waals surface area (Å²) in [5, 5.41) is 9.36. The van der Waals surface area contributed by atoms with Crippen LogP contribution < -0.4 is 4.90 Å². The van der Waals surface area contributed by atoms with Crippen molar-refractivity contribution in [3.05, 3.63) is 29.8 Å². The summed E-state index contributed by atoms with van der Waals surface area (Å²) < 4.78 is 0. The summed E-state index contributed by atoms with van der Waals surface area (Å²) in [5.74, 6) is -0.298. The maximum Gasteiger partial charge on any atom is 0.312 e. The quantitative estimate of drug-likeness (QED) is 0.905. The Bertz CT molecular complexity index is 466. The van der Waals surface area contributed by atoms with Crippen molar-refractivity contribution in [3.8, 4) is 0 Å². The van der Waals surface area contributed by atoms with Crippen LogP contribution in [0.5, 0.6) is 0 Å². The normalized spacial score (nSPS) is 23.4. The third-order valence-electron chi connectivity index (χ3n) is 4.56. The fourth-order valence-corrected chi connectivity index (χ4v) is 3.55. The van der Waals surface area contributed by atoms with Crippen LogP contribution in [0.1, 0.15) is 43.6 Å². The number of hydrogen-bond acceptors (Lipinski definition) is 2. The zero-order valence-corrected chi connectivity index (χ0v) is 11.2. The second kappa shape index (κ2) is 5.24. The summed E-state index contributed by atoms with van der Waals surface area (Å²) in [6.07, 6.45) is 6.64. The third-order valence-corrected chi connectivity index (χ3v) is 4.56. The van der Waals surface area contributed by atoms with E-state index >= 15 is 0 Å². The molecule has 102 valence electrons. The van der Waals surface area contributed by atoms with Gasteiger partial charge in [0.05, 0.1) is 0 Å². The van der Waals surface area contributed by atoms with Crippen LogP contribution in [-0.2, 0) is 4.79 Å². The minimum Gasteiger partial charge on any atom is -0.481 e. The van der Waals surface area contributed by atoms with Gasteiger partial charge in [-0.15, -0.1) is 0 Å². The Labute approximate surface area is 114 Å². The van der Waals surface area contributed by atoms with E-state index < -0.39 is 5.97 Å². The first-order chi connectivity index (χ1) is 9.25. The summed E-state index contributed by atoms with van der Waals surface area (Å²) in [6, 6.07) is 7.99. The van der Waals surface area contributed by atoms with Gasteiger partial charge in [0.25, 0.3) is 0 Å². The van der Waals surface area contributed by atoms with Crippen LogP contribution in [0.15, 0.2) is 24.3 Å². The SMILES string of the molecule is O=C(O)C1CN(CC2CCCCC2)c2ccccc21. The van der Waals surface area contributed by atoms with Gasteiger partial charge in [0.2, 0.25) is 0 Å². The molecule has 2 aliphatic rings. The summed E-state index contributed by atoms with van der Waals surface area (Å²) in [7, 11) is 0. The van der Waals surface area contributed by atoms with E-state index in [4.69, 9.17) is 0 Å². The first-order valence-electron chi connectivity index (χ1n) is 7.32. The lowest BCUT2D eigenvalue weighted by Crippen LogP contribution is -2.30. The van der Waals surface area contributed by atoms with Crippen molar-refractivity contribution in [1.29, 1.82) is 0 Å². The third kappa shape index (κ3) is 2.46. The summed E-state index contributed by atoms with van der Waals surface area (Å²) in [6.45, 7) is 1.67. The first-order valence-corrected chi connectivity index (χ1v) is 7.32. The molecule has 0 spiro atoms. The monoisotopic (exact) mass is 259 g/mol. The number of para-hydroxylation sites is 1. The van der Waals surface area contributed by atoms with E-state index in [1.807, 2.05) is 18.2 Å². The molecule has 1 aliphatic heterocycles. The summed E-state index contributed by atoms with van der Waals surface area (Å²) >= 11 is 0. The number of benzene rings is 1. The van der Waals surface area contributed by atoms with Crippen molar-refractivity contribution >= 4 is 11.7 Å². The van der Waals surface area contributed by atoms with Crippen molar-refractivity contribution in [2.75, 3.05) is 18.0 Å². The van der Waals surface area contributed by atoms with E-state index in [0.717, 1.165) is 23.7 Å². The van der Waals surface area contributed by atoms with Crippen molar-refractivity contribution in [3.63, 3.8) is 0 Å². The van der Waals surface area contributed by atoms with Crippen molar-refractivity contribution < 1.29 is 9.90 Å². The number of rotatable bonds is 3. The number of carboxylic acids is 1. The van der Waals surface area contributed by atoms with E-state index in [0.29, 0.717) is 6.54 Å². The molecule has 1 unspecified atom stereocenters. The number of aliphatic carboxylic acids is 1. The summed E-state index contributed by atoms with van der Waals surface area (Å²) in [4.78, 5) is 13.7. The van der Waals surface area contributed by atoms with Crippen LogP contribution in [0.4, 0.5) is 5.69 Å². The molecule has 0 aromatic heterocycles. The van der Waals surface area contributed by atoms with Crippen molar-refractivity contribution in [2.24, 2.45) is 5.92 Å². The summed E-state index contributed by atoms with van der Waals surface area (Å²) in [5.41, 5.74) is 2.13. The van der Waals surface area contributed by atoms with Gasteiger partial charge >= 0.3 is 5.97 Å². The number of nitrogens with zero attached hydrogens (tertiary/aromatic N) is 1. The van der Waals surface area contributed by atoms with Gasteiger partial charge in [-0.25, -0.2) is 0 Å². The van der Waals surface area contributed by atoms with Gasteiger partial charge in [0.15, 0.2) is 0 Å². The average Bonchev–Trinajstić information content (AvgIpc) is 2.79. The Morgan fingerprint density at radius 2 is 1.95 bits per heavy atom. The van der Waals surface area contributed by atoms with Crippen molar-refractivity contribution in [1.82, 2.24) is 0 Å². The Balaban J connectivity index is 1.78. The first kappa shape index (κ1) is 12.5. The molecule has 0 radical (unpaired) electrons. The minimum atomic E-state index is -0.696. The molecular weight excluding hydrogens is 238 g/mol. The Kier molecular flexibility index (Phi) is 3.45. The largest absolute Gasteiger partial charge is 0.481 e. The topological polar surface area (TPSA) is 40.5 Å². The van der Waals surface area contributed by atoms with Gasteiger partial charge < -0.3 is 10.0 Å². The predicted molar refractivity (Wildman–Crippen MR) is 75.6 cm³/mol. The molecule has 3 rings (SSSR count). The van der Waals surface area contributed by atoms with Crippen LogP contribution in [0, 0.1) is 5.92 Å². The highest BCUT2D eigenvalue weighted by molar-refractivity contribution is 5.82. The standard InChI is InChI=1S/C16H21NO2/c18-16(19)14-11-17(10-12-6-2-1-3-7-12)15-9-5-4-8-13(14)15/h4-5,8-9,12,14H,1-3,6-7,10-11H2,(H,18,19). The maximum atomic E-state index is 11.4. The number of carbonyl (C=O) groups is 1. The molecule has 0 amide bonds. The fourth-order valence-electron chi connectivity index (χ4n) is 3.55. The number of fused-ring (bicyclic) bond motifs is 1. The molecule has 1 aromatic carbocycles. The Morgan fingerprint density at radius 3 is 2.68 bits per heavy atom. The minimum absolute atomic E-state index is 0.347. The number of hydrogen-bond donors (Lipinski definition) is 1. The van der Waals surface area contributed by atoms with E-state index in [1.165, 1.54) is 32.1 Å². The van der Waals surface area contributed by atoms with Gasteiger partial charge in [-0.3, -0.25) is 4.79 Å². The average molecular weight is 259 g/mol. The maximum absolute atomic E-state index is 11.4. The number of carboxylic acid groups (broad SMARTS) is 1. The molecule has 1 heterocycles. The molecule has 1 aliphatic carbocycles. The van der Waals surface area contributed by atoms with Crippen LogP contribution in [0.25, 0.3) is 0 Å². The highest BCUT2D eigenvalue weighted by Crippen LogP contribution is 2.37. The predicted octanol–water partition coefficient (Wildman–Crippen LogP) is 3.26. The Hall–Kier alpha value is -1.51. The molecule has 0 saturated heterocycles. The second-order valence-corrected chi connectivity index (χ2v) is 5.86. The molecule has 19 heavy (non-hydrogen) atoms. The van der Waals surface area contributed by atoms with Gasteiger partial charge in [0.1, 0.15) is 5.92 Å². The highest BCUT2D eigenvalue weighted by Gasteiger charge is 2.34. The van der Waals surface area contributed by atoms with Crippen LogP contribution >= 0.6 is 0 Å². The molecule has 1 atom stereocenters. The molecule has 1 N–H and O–H groups in total. The fraction of sp³-hybridized carbons (Fsp3) is 0.562. The van der Waals surface area contributed by atoms with Gasteiger partial charge in [-0.2, -0.15) is 0 Å². The molecular formula is C16H21NO2. The van der Waals surface area contributed by atoms with E-state index in [-0.39, 0.29) is 5.92 Å². The lowest BCUT2D eigenvalue weighted by molar-refractivity contribution is -0.138. The van der Waals surface area contributed by atoms with Crippen LogP contribution in [-0.4, -0.2) is 24.2 Å². The van der Waals surface area contributed by atoms with Gasteiger partial charge in [-0.1, -0.05) is 37.5 Å². The van der Waals surface area contributed by atoms with Gasteiger partial charge in [0, 0.05) is 18.8 Å². The van der Waals surface area contributed by atoms with E-state index in [9.17, 15) is 9.90 Å². The second-order valence-electron chi connectivity index (χ2n) is 5.86. The molecule has 1 saturated carbocycles. The number of anilines is 1. The van der Waals surface area contributed by atoms with E-state index in [2.05, 4.69) is 11.0 Å². The van der Waals surface area contributed by atoms with E-state index in [1.54, 1.807) is 0 Å². The van der Waals surface area contributed by atoms with Crippen LogP contribution in [0.3, 0.4) is 0 Å². The van der Waals surface area contributed by atoms with Gasteiger partial charge in [-0.05, 0) is 30.4 Å². The molecule has 3 heteroatoms. The molecule has 1 fully saturated rings. The highest BCUT2D eigenvalue weighted by atomic mass is 16.4. The molecule has 0 bridgehead atoms. The lowest BCUT2D eigenvalue weighted by Gasteiger charge is -2.28.